The molecule has 0 bridgehead atoms. The average molecular weight is 359 g/mol. The summed E-state index contributed by atoms with van der Waals surface area (Å²) in [6, 6.07) is 0. The molecule has 2 rings (SSSR count). The van der Waals surface area contributed by atoms with Gasteiger partial charge in [-0.05, 0) is 62.2 Å². The Morgan fingerprint density at radius 1 is 0.692 bits per heavy atom. The monoisotopic (exact) mass is 358 g/mol. The van der Waals surface area contributed by atoms with Gasteiger partial charge in [0.2, 0.25) is 0 Å². The van der Waals surface area contributed by atoms with Gasteiger partial charge in [0, 0.05) is 0 Å². The third kappa shape index (κ3) is 8.92. The predicted molar refractivity (Wildman–Crippen MR) is 117 cm³/mol. The summed E-state index contributed by atoms with van der Waals surface area (Å²) in [7, 11) is 0. The van der Waals surface area contributed by atoms with Gasteiger partial charge in [-0.2, -0.15) is 0 Å². The summed E-state index contributed by atoms with van der Waals surface area (Å²) in [5.74, 6) is 3.75. The van der Waals surface area contributed by atoms with Crippen molar-refractivity contribution in [1.82, 2.24) is 0 Å². The van der Waals surface area contributed by atoms with Crippen molar-refractivity contribution in [1.29, 1.82) is 0 Å². The molecule has 2 fully saturated rings. The lowest BCUT2D eigenvalue weighted by Crippen LogP contribution is -2.14. The Kier molecular flexibility index (Phi) is 11.4. The molecule has 0 aliphatic heterocycles. The summed E-state index contributed by atoms with van der Waals surface area (Å²) in [5, 5.41) is 0. The third-order valence-corrected chi connectivity index (χ3v) is 7.23. The van der Waals surface area contributed by atoms with Gasteiger partial charge in [0.1, 0.15) is 0 Å². The van der Waals surface area contributed by atoms with Crippen LogP contribution in [0, 0.1) is 23.7 Å². The van der Waals surface area contributed by atoms with Crippen LogP contribution in [0.25, 0.3) is 0 Å². The van der Waals surface area contributed by atoms with E-state index in [4.69, 9.17) is 0 Å². The second-order valence-electron chi connectivity index (χ2n) is 9.36. The topological polar surface area (TPSA) is 0 Å². The average Bonchev–Trinajstić information content (AvgIpc) is 2.69. The first-order valence-corrected chi connectivity index (χ1v) is 12.1. The van der Waals surface area contributed by atoms with E-state index in [0.717, 1.165) is 23.7 Å². The van der Waals surface area contributed by atoms with E-state index in [1.165, 1.54) is 109 Å². The minimum Gasteiger partial charge on any atom is -0.103 e. The summed E-state index contributed by atoms with van der Waals surface area (Å²) in [4.78, 5) is 0. The third-order valence-electron chi connectivity index (χ3n) is 7.23. The molecule has 0 heteroatoms. The molecule has 0 nitrogen and oxygen atoms in total. The van der Waals surface area contributed by atoms with Crippen molar-refractivity contribution in [3.8, 4) is 0 Å². The van der Waals surface area contributed by atoms with E-state index >= 15 is 0 Å². The normalized spacial score (nSPS) is 29.9. The SMILES string of the molecule is C=CC1CCC(C=CCCC2CCC(CCCCCCCC)CC2)CC1. The van der Waals surface area contributed by atoms with Gasteiger partial charge >= 0.3 is 0 Å². The zero-order valence-electron chi connectivity index (χ0n) is 17.8. The molecular weight excluding hydrogens is 312 g/mol. The van der Waals surface area contributed by atoms with Crippen molar-refractivity contribution in [2.75, 3.05) is 0 Å². The van der Waals surface area contributed by atoms with Crippen molar-refractivity contribution in [3.63, 3.8) is 0 Å². The number of unbranched alkanes of at least 4 members (excludes halogenated alkanes) is 5. The number of hydrogen-bond donors (Lipinski definition) is 0. The molecule has 0 aromatic heterocycles. The van der Waals surface area contributed by atoms with E-state index in [-0.39, 0.29) is 0 Å². The van der Waals surface area contributed by atoms with Crippen molar-refractivity contribution in [2.24, 2.45) is 23.7 Å². The smallest absolute Gasteiger partial charge is 0.0233 e. The molecule has 0 spiro atoms. The second-order valence-corrected chi connectivity index (χ2v) is 9.36. The highest BCUT2D eigenvalue weighted by Gasteiger charge is 2.20. The van der Waals surface area contributed by atoms with Gasteiger partial charge in [-0.15, -0.1) is 6.58 Å². The van der Waals surface area contributed by atoms with Crippen LogP contribution >= 0.6 is 0 Å². The molecular formula is C26H46. The first kappa shape index (κ1) is 21.8. The van der Waals surface area contributed by atoms with Crippen LogP contribution < -0.4 is 0 Å². The van der Waals surface area contributed by atoms with Gasteiger partial charge in [-0.1, -0.05) is 95.8 Å². The molecule has 2 aliphatic carbocycles. The zero-order valence-corrected chi connectivity index (χ0v) is 17.8. The quantitative estimate of drug-likeness (QED) is 0.241. The van der Waals surface area contributed by atoms with E-state index < -0.39 is 0 Å². The van der Waals surface area contributed by atoms with Gasteiger partial charge in [0.25, 0.3) is 0 Å². The van der Waals surface area contributed by atoms with Crippen LogP contribution in [0.5, 0.6) is 0 Å². The molecule has 0 saturated heterocycles. The summed E-state index contributed by atoms with van der Waals surface area (Å²) in [5.41, 5.74) is 0. The first-order valence-electron chi connectivity index (χ1n) is 12.1. The molecule has 2 saturated carbocycles. The molecule has 0 unspecified atom stereocenters. The van der Waals surface area contributed by atoms with Crippen molar-refractivity contribution >= 4 is 0 Å². The summed E-state index contributed by atoms with van der Waals surface area (Å²) in [6.07, 6.45) is 31.8. The van der Waals surface area contributed by atoms with Crippen LogP contribution in [0.1, 0.15) is 116 Å². The Balaban J connectivity index is 1.46. The first-order chi connectivity index (χ1) is 12.8. The molecule has 0 aromatic carbocycles. The van der Waals surface area contributed by atoms with Gasteiger partial charge in [0.15, 0.2) is 0 Å². The fourth-order valence-electron chi connectivity index (χ4n) is 5.22. The molecule has 0 aromatic rings. The van der Waals surface area contributed by atoms with Crippen LogP contribution in [0.15, 0.2) is 24.8 Å². The van der Waals surface area contributed by atoms with Gasteiger partial charge < -0.3 is 0 Å². The molecule has 0 N–H and O–H groups in total. The lowest BCUT2D eigenvalue weighted by molar-refractivity contribution is 0.249. The summed E-state index contributed by atoms with van der Waals surface area (Å²) in [6.45, 7) is 6.26. The van der Waals surface area contributed by atoms with E-state index in [9.17, 15) is 0 Å². The van der Waals surface area contributed by atoms with E-state index in [0.29, 0.717) is 0 Å². The summed E-state index contributed by atoms with van der Waals surface area (Å²) >= 11 is 0. The maximum atomic E-state index is 3.96. The predicted octanol–water partition coefficient (Wildman–Crippen LogP) is 8.87. The second kappa shape index (κ2) is 13.6. The molecule has 0 atom stereocenters. The Hall–Kier alpha value is -0.520. The van der Waals surface area contributed by atoms with Crippen LogP contribution in [0.4, 0.5) is 0 Å². The standard InChI is InChI=1S/C26H46/c1-3-5-6-7-8-9-12-24-19-21-26(22-20-24)14-11-10-13-25-17-15-23(4-2)16-18-25/h4,10,13,23-26H,2-3,5-9,11-12,14-22H2,1H3. The van der Waals surface area contributed by atoms with Crippen molar-refractivity contribution in [2.45, 2.75) is 116 Å². The highest BCUT2D eigenvalue weighted by molar-refractivity contribution is 4.94. The highest BCUT2D eigenvalue weighted by atomic mass is 14.3. The maximum absolute atomic E-state index is 3.96. The van der Waals surface area contributed by atoms with Crippen molar-refractivity contribution in [3.05, 3.63) is 24.8 Å². The van der Waals surface area contributed by atoms with Gasteiger partial charge in [-0.3, -0.25) is 0 Å². The van der Waals surface area contributed by atoms with Crippen LogP contribution in [0.2, 0.25) is 0 Å². The molecule has 0 heterocycles. The lowest BCUT2D eigenvalue weighted by Gasteiger charge is -2.28. The molecule has 0 amide bonds. The number of hydrogen-bond acceptors (Lipinski definition) is 0. The van der Waals surface area contributed by atoms with Crippen LogP contribution in [-0.2, 0) is 0 Å². The minimum atomic E-state index is 0.797. The van der Waals surface area contributed by atoms with Crippen LogP contribution in [-0.4, -0.2) is 0 Å². The Bertz CT molecular complexity index is 363. The Labute approximate surface area is 164 Å². The molecule has 150 valence electrons. The highest BCUT2D eigenvalue weighted by Crippen LogP contribution is 2.35. The van der Waals surface area contributed by atoms with Gasteiger partial charge in [-0.25, -0.2) is 0 Å². The fourth-order valence-corrected chi connectivity index (χ4v) is 5.22. The maximum Gasteiger partial charge on any atom is -0.0233 e. The van der Waals surface area contributed by atoms with Crippen LogP contribution in [0.3, 0.4) is 0 Å². The lowest BCUT2D eigenvalue weighted by atomic mass is 9.78. The zero-order chi connectivity index (χ0) is 18.5. The molecule has 26 heavy (non-hydrogen) atoms. The van der Waals surface area contributed by atoms with E-state index in [1.54, 1.807) is 0 Å². The number of rotatable bonds is 12. The fraction of sp³-hybridized carbons (Fsp3) is 0.846. The number of allylic oxidation sites excluding steroid dienone is 3. The Morgan fingerprint density at radius 2 is 1.27 bits per heavy atom. The Morgan fingerprint density at radius 3 is 1.92 bits per heavy atom. The van der Waals surface area contributed by atoms with Crippen molar-refractivity contribution < 1.29 is 0 Å². The summed E-state index contributed by atoms with van der Waals surface area (Å²) < 4.78 is 0. The molecule has 0 radical (unpaired) electrons. The van der Waals surface area contributed by atoms with E-state index in [2.05, 4.69) is 31.7 Å². The largest absolute Gasteiger partial charge is 0.103 e. The van der Waals surface area contributed by atoms with E-state index in [1.807, 2.05) is 0 Å². The molecule has 2 aliphatic rings. The minimum absolute atomic E-state index is 0.797. The van der Waals surface area contributed by atoms with Gasteiger partial charge in [0.05, 0.1) is 0 Å².